The molecule has 0 amide bonds. The summed E-state index contributed by atoms with van der Waals surface area (Å²) in [5.41, 5.74) is 1.12. The van der Waals surface area contributed by atoms with E-state index < -0.39 is 0 Å². The summed E-state index contributed by atoms with van der Waals surface area (Å²) in [6.45, 7) is 2.55. The molecule has 0 spiro atoms. The Morgan fingerprint density at radius 1 is 1.30 bits per heavy atom. The molecule has 1 saturated carbocycles. The predicted octanol–water partition coefficient (Wildman–Crippen LogP) is 5.55. The summed E-state index contributed by atoms with van der Waals surface area (Å²) in [6.07, 6.45) is 4.52. The number of hydrogen-bond donors (Lipinski definition) is 0. The van der Waals surface area contributed by atoms with Crippen molar-refractivity contribution in [3.8, 4) is 5.75 Å². The molecule has 3 aromatic rings. The zero-order valence-electron chi connectivity index (χ0n) is 15.1. The van der Waals surface area contributed by atoms with E-state index in [1.165, 1.54) is 17.8 Å². The van der Waals surface area contributed by atoms with Gasteiger partial charge in [0.1, 0.15) is 12.4 Å². The van der Waals surface area contributed by atoms with Gasteiger partial charge in [-0.15, -0.1) is 21.5 Å². The van der Waals surface area contributed by atoms with Crippen LogP contribution in [0.15, 0.2) is 34.8 Å². The highest BCUT2D eigenvalue weighted by Crippen LogP contribution is 2.39. The van der Waals surface area contributed by atoms with Crippen molar-refractivity contribution in [1.29, 1.82) is 0 Å². The number of para-hydroxylation sites is 1. The van der Waals surface area contributed by atoms with Crippen LogP contribution in [0, 0.1) is 0 Å². The third kappa shape index (κ3) is 4.65. The zero-order valence-corrected chi connectivity index (χ0v) is 17.5. The first-order valence-electron chi connectivity index (χ1n) is 9.11. The number of thiazole rings is 1. The molecule has 0 unspecified atom stereocenters. The summed E-state index contributed by atoms with van der Waals surface area (Å²) in [7, 11) is 0. The first kappa shape index (κ1) is 18.8. The maximum Gasteiger partial charge on any atom is 0.191 e. The summed E-state index contributed by atoms with van der Waals surface area (Å²) in [4.78, 5) is 4.70. The van der Waals surface area contributed by atoms with Gasteiger partial charge in [-0.25, -0.2) is 4.98 Å². The number of thioether (sulfide) groups is 1. The van der Waals surface area contributed by atoms with Gasteiger partial charge in [-0.05, 0) is 37.8 Å². The highest BCUT2D eigenvalue weighted by atomic mass is 35.5. The molecule has 0 radical (unpaired) electrons. The lowest BCUT2D eigenvalue weighted by molar-refractivity contribution is 0.288. The molecule has 1 aliphatic rings. The average molecular weight is 421 g/mol. The Hall–Kier alpha value is -1.57. The molecular formula is C19H21ClN4OS2. The Kier molecular flexibility index (Phi) is 6.00. The van der Waals surface area contributed by atoms with E-state index in [4.69, 9.17) is 21.3 Å². The molecule has 27 heavy (non-hydrogen) atoms. The summed E-state index contributed by atoms with van der Waals surface area (Å²) in [6, 6.07) is 7.98. The first-order valence-corrected chi connectivity index (χ1v) is 11.4. The van der Waals surface area contributed by atoms with Crippen LogP contribution >= 0.6 is 34.7 Å². The van der Waals surface area contributed by atoms with Crippen LogP contribution in [-0.2, 0) is 18.8 Å². The second-order valence-corrected chi connectivity index (χ2v) is 8.78. The molecule has 2 heterocycles. The number of ether oxygens (including phenoxy) is 1. The van der Waals surface area contributed by atoms with E-state index in [1.54, 1.807) is 23.1 Å². The molecule has 0 aliphatic heterocycles. The lowest BCUT2D eigenvalue weighted by atomic mass is 10.3. The minimum Gasteiger partial charge on any atom is -0.484 e. The normalized spacial score (nSPS) is 13.9. The van der Waals surface area contributed by atoms with Crippen LogP contribution in [0.25, 0.3) is 0 Å². The van der Waals surface area contributed by atoms with Crippen molar-refractivity contribution in [3.63, 3.8) is 0 Å². The van der Waals surface area contributed by atoms with Crippen molar-refractivity contribution in [2.24, 2.45) is 0 Å². The topological polar surface area (TPSA) is 52.8 Å². The van der Waals surface area contributed by atoms with E-state index in [1.807, 2.05) is 24.3 Å². The van der Waals surface area contributed by atoms with Crippen molar-refractivity contribution in [3.05, 3.63) is 51.2 Å². The molecule has 1 aromatic carbocycles. The number of halogens is 1. The number of nitrogens with zero attached hydrogens (tertiary/aromatic N) is 4. The van der Waals surface area contributed by atoms with Gasteiger partial charge in [0.15, 0.2) is 11.0 Å². The second kappa shape index (κ2) is 8.63. The summed E-state index contributed by atoms with van der Waals surface area (Å²) in [5, 5.41) is 13.7. The highest BCUT2D eigenvalue weighted by Gasteiger charge is 2.30. The van der Waals surface area contributed by atoms with Gasteiger partial charge >= 0.3 is 0 Å². The molecule has 142 valence electrons. The summed E-state index contributed by atoms with van der Waals surface area (Å²) < 4.78 is 8.10. The largest absolute Gasteiger partial charge is 0.484 e. The fraction of sp³-hybridized carbons (Fsp3) is 0.421. The van der Waals surface area contributed by atoms with Crippen molar-refractivity contribution in [2.45, 2.75) is 56.2 Å². The van der Waals surface area contributed by atoms with Gasteiger partial charge in [0.2, 0.25) is 0 Å². The number of benzene rings is 1. The fourth-order valence-electron chi connectivity index (χ4n) is 2.79. The van der Waals surface area contributed by atoms with Crippen LogP contribution in [0.2, 0.25) is 5.02 Å². The molecule has 1 aliphatic carbocycles. The van der Waals surface area contributed by atoms with Crippen molar-refractivity contribution in [2.75, 3.05) is 0 Å². The average Bonchev–Trinajstić information content (AvgIpc) is 3.27. The Labute approximate surface area is 172 Å². The molecule has 8 heteroatoms. The monoisotopic (exact) mass is 420 g/mol. The van der Waals surface area contributed by atoms with Crippen molar-refractivity contribution >= 4 is 34.7 Å². The van der Waals surface area contributed by atoms with Crippen molar-refractivity contribution < 1.29 is 4.74 Å². The Morgan fingerprint density at radius 2 is 2.15 bits per heavy atom. The minimum atomic E-state index is 0.366. The number of rotatable bonds is 9. The SMILES string of the molecule is CCCc1nc(CSc2nnc(COc3ccccc3Cl)n2C2CC2)cs1. The predicted molar refractivity (Wildman–Crippen MR) is 110 cm³/mol. The van der Waals surface area contributed by atoms with E-state index in [-0.39, 0.29) is 0 Å². The molecule has 2 aromatic heterocycles. The maximum atomic E-state index is 6.17. The smallest absolute Gasteiger partial charge is 0.191 e. The Balaban J connectivity index is 1.43. The van der Waals surface area contributed by atoms with Gasteiger partial charge in [0.05, 0.1) is 15.7 Å². The van der Waals surface area contributed by atoms with Gasteiger partial charge < -0.3 is 4.74 Å². The van der Waals surface area contributed by atoms with Crippen LogP contribution < -0.4 is 4.74 Å². The first-order chi connectivity index (χ1) is 13.2. The highest BCUT2D eigenvalue weighted by molar-refractivity contribution is 7.98. The van der Waals surface area contributed by atoms with E-state index in [2.05, 4.69) is 27.1 Å². The second-order valence-electron chi connectivity index (χ2n) is 6.49. The van der Waals surface area contributed by atoms with Gasteiger partial charge in [0.25, 0.3) is 0 Å². The van der Waals surface area contributed by atoms with E-state index in [0.29, 0.717) is 23.4 Å². The number of hydrogen-bond acceptors (Lipinski definition) is 6. The maximum absolute atomic E-state index is 6.17. The van der Waals surface area contributed by atoms with Gasteiger partial charge in [-0.1, -0.05) is 42.4 Å². The molecule has 5 nitrogen and oxygen atoms in total. The lowest BCUT2D eigenvalue weighted by Crippen LogP contribution is -2.07. The van der Waals surface area contributed by atoms with Gasteiger partial charge in [-0.3, -0.25) is 4.57 Å². The van der Waals surface area contributed by atoms with Crippen LogP contribution in [0.1, 0.15) is 48.8 Å². The Bertz CT molecular complexity index is 907. The lowest BCUT2D eigenvalue weighted by Gasteiger charge is -2.10. The van der Waals surface area contributed by atoms with Gasteiger partial charge in [0, 0.05) is 17.2 Å². The van der Waals surface area contributed by atoms with Crippen LogP contribution in [0.3, 0.4) is 0 Å². The fourth-order valence-corrected chi connectivity index (χ4v) is 4.90. The standard InChI is InChI=1S/C19H21ClN4OS2/c1-2-5-18-21-13(11-26-18)12-27-19-23-22-17(24(19)14-8-9-14)10-25-16-7-4-3-6-15(16)20/h3-4,6-7,11,14H,2,5,8-10,12H2,1H3. The number of aryl methyl sites for hydroxylation is 1. The number of aromatic nitrogens is 4. The molecule has 0 saturated heterocycles. The molecule has 0 atom stereocenters. The van der Waals surface area contributed by atoms with Gasteiger partial charge in [-0.2, -0.15) is 0 Å². The van der Waals surface area contributed by atoms with Crippen molar-refractivity contribution in [1.82, 2.24) is 19.7 Å². The van der Waals surface area contributed by atoms with Crippen LogP contribution in [0.5, 0.6) is 5.75 Å². The van der Waals surface area contributed by atoms with Crippen LogP contribution in [0.4, 0.5) is 0 Å². The molecule has 1 fully saturated rings. The molecule has 0 bridgehead atoms. The van der Waals surface area contributed by atoms with Crippen LogP contribution in [-0.4, -0.2) is 19.7 Å². The Morgan fingerprint density at radius 3 is 2.93 bits per heavy atom. The van der Waals surface area contributed by atoms with E-state index in [0.717, 1.165) is 35.3 Å². The third-order valence-electron chi connectivity index (χ3n) is 4.25. The molecular weight excluding hydrogens is 400 g/mol. The molecule has 4 rings (SSSR count). The third-order valence-corrected chi connectivity index (χ3v) is 6.50. The summed E-state index contributed by atoms with van der Waals surface area (Å²) in [5.74, 6) is 2.34. The zero-order chi connectivity index (χ0) is 18.6. The summed E-state index contributed by atoms with van der Waals surface area (Å²) >= 11 is 9.62. The quantitative estimate of drug-likeness (QED) is 0.425. The molecule has 0 N–H and O–H groups in total. The van der Waals surface area contributed by atoms with E-state index >= 15 is 0 Å². The minimum absolute atomic E-state index is 0.366. The van der Waals surface area contributed by atoms with E-state index in [9.17, 15) is 0 Å².